The SMILES string of the molecule is Cc1ccc(C)c(CNCC[C@H](C)O)c1. The van der Waals surface area contributed by atoms with E-state index in [-0.39, 0.29) is 6.10 Å². The van der Waals surface area contributed by atoms with Crippen molar-refractivity contribution in [3.8, 4) is 0 Å². The molecule has 0 unspecified atom stereocenters. The van der Waals surface area contributed by atoms with E-state index in [2.05, 4.69) is 37.4 Å². The van der Waals surface area contributed by atoms with Gasteiger partial charge in [0, 0.05) is 6.54 Å². The van der Waals surface area contributed by atoms with Gasteiger partial charge < -0.3 is 10.4 Å². The van der Waals surface area contributed by atoms with E-state index >= 15 is 0 Å². The van der Waals surface area contributed by atoms with E-state index in [1.54, 1.807) is 0 Å². The van der Waals surface area contributed by atoms with Crippen LogP contribution in [0.2, 0.25) is 0 Å². The summed E-state index contributed by atoms with van der Waals surface area (Å²) in [6.45, 7) is 7.81. The van der Waals surface area contributed by atoms with Crippen molar-refractivity contribution in [2.75, 3.05) is 6.54 Å². The zero-order valence-corrected chi connectivity index (χ0v) is 9.88. The minimum absolute atomic E-state index is 0.212. The molecule has 1 rings (SSSR count). The van der Waals surface area contributed by atoms with Crippen molar-refractivity contribution in [2.24, 2.45) is 0 Å². The van der Waals surface area contributed by atoms with Crippen molar-refractivity contribution in [1.29, 1.82) is 0 Å². The molecule has 0 bridgehead atoms. The van der Waals surface area contributed by atoms with Crippen LogP contribution in [0.4, 0.5) is 0 Å². The number of benzene rings is 1. The van der Waals surface area contributed by atoms with Gasteiger partial charge in [0.15, 0.2) is 0 Å². The Hall–Kier alpha value is -0.860. The van der Waals surface area contributed by atoms with E-state index in [1.807, 2.05) is 6.92 Å². The predicted molar refractivity (Wildman–Crippen MR) is 63.9 cm³/mol. The average molecular weight is 207 g/mol. The number of aliphatic hydroxyl groups excluding tert-OH is 1. The fourth-order valence-electron chi connectivity index (χ4n) is 1.52. The van der Waals surface area contributed by atoms with E-state index in [1.165, 1.54) is 16.7 Å². The summed E-state index contributed by atoms with van der Waals surface area (Å²) >= 11 is 0. The summed E-state index contributed by atoms with van der Waals surface area (Å²) < 4.78 is 0. The summed E-state index contributed by atoms with van der Waals surface area (Å²) in [6.07, 6.45) is 0.598. The van der Waals surface area contributed by atoms with Gasteiger partial charge in [0.25, 0.3) is 0 Å². The van der Waals surface area contributed by atoms with Crippen molar-refractivity contribution in [3.63, 3.8) is 0 Å². The Morgan fingerprint density at radius 1 is 1.33 bits per heavy atom. The molecule has 0 radical (unpaired) electrons. The second-order valence-electron chi connectivity index (χ2n) is 4.24. The molecule has 84 valence electrons. The fraction of sp³-hybridized carbons (Fsp3) is 0.538. The molecule has 0 aliphatic rings. The monoisotopic (exact) mass is 207 g/mol. The van der Waals surface area contributed by atoms with Crippen molar-refractivity contribution in [3.05, 3.63) is 34.9 Å². The van der Waals surface area contributed by atoms with Gasteiger partial charge in [0.1, 0.15) is 0 Å². The van der Waals surface area contributed by atoms with Gasteiger partial charge in [-0.1, -0.05) is 23.8 Å². The first-order valence-corrected chi connectivity index (χ1v) is 5.54. The van der Waals surface area contributed by atoms with E-state index in [9.17, 15) is 0 Å². The van der Waals surface area contributed by atoms with Gasteiger partial charge >= 0.3 is 0 Å². The maximum atomic E-state index is 9.11. The van der Waals surface area contributed by atoms with E-state index in [0.717, 1.165) is 19.5 Å². The Labute approximate surface area is 92.3 Å². The molecule has 0 aromatic heterocycles. The maximum absolute atomic E-state index is 9.11. The summed E-state index contributed by atoms with van der Waals surface area (Å²) in [4.78, 5) is 0. The summed E-state index contributed by atoms with van der Waals surface area (Å²) in [5, 5.41) is 12.4. The van der Waals surface area contributed by atoms with E-state index in [0.29, 0.717) is 0 Å². The number of rotatable bonds is 5. The van der Waals surface area contributed by atoms with E-state index in [4.69, 9.17) is 5.11 Å². The third kappa shape index (κ3) is 4.45. The lowest BCUT2D eigenvalue weighted by Crippen LogP contribution is -2.19. The molecule has 0 heterocycles. The van der Waals surface area contributed by atoms with Crippen LogP contribution in [-0.4, -0.2) is 17.8 Å². The predicted octanol–water partition coefficient (Wildman–Crippen LogP) is 2.16. The zero-order valence-electron chi connectivity index (χ0n) is 9.88. The van der Waals surface area contributed by atoms with Gasteiger partial charge in [-0.05, 0) is 44.9 Å². The van der Waals surface area contributed by atoms with Crippen LogP contribution in [0.1, 0.15) is 30.0 Å². The lowest BCUT2D eigenvalue weighted by atomic mass is 10.1. The molecule has 0 aliphatic heterocycles. The second-order valence-corrected chi connectivity index (χ2v) is 4.24. The van der Waals surface area contributed by atoms with Crippen molar-refractivity contribution >= 4 is 0 Å². The fourth-order valence-corrected chi connectivity index (χ4v) is 1.52. The first kappa shape index (κ1) is 12.2. The summed E-state index contributed by atoms with van der Waals surface area (Å²) in [7, 11) is 0. The molecule has 2 N–H and O–H groups in total. The molecule has 2 nitrogen and oxygen atoms in total. The molecule has 1 aromatic rings. The lowest BCUT2D eigenvalue weighted by molar-refractivity contribution is 0.183. The van der Waals surface area contributed by atoms with Crippen LogP contribution >= 0.6 is 0 Å². The highest BCUT2D eigenvalue weighted by atomic mass is 16.3. The number of hydrogen-bond donors (Lipinski definition) is 2. The first-order chi connectivity index (χ1) is 7.09. The minimum Gasteiger partial charge on any atom is -0.393 e. The molecule has 0 saturated heterocycles. The normalized spacial score (nSPS) is 12.8. The standard InChI is InChI=1S/C13H21NO/c1-10-4-5-11(2)13(8-10)9-14-7-6-12(3)15/h4-5,8,12,14-15H,6-7,9H2,1-3H3/t12-/m0/s1. The Morgan fingerprint density at radius 3 is 2.73 bits per heavy atom. The Balaban J connectivity index is 2.40. The summed E-state index contributed by atoms with van der Waals surface area (Å²) in [5.74, 6) is 0. The van der Waals surface area contributed by atoms with Crippen LogP contribution < -0.4 is 5.32 Å². The molecule has 0 fully saturated rings. The van der Waals surface area contributed by atoms with Gasteiger partial charge in [0.05, 0.1) is 6.10 Å². The van der Waals surface area contributed by atoms with Crippen molar-refractivity contribution in [1.82, 2.24) is 5.32 Å². The Kier molecular flexibility index (Phi) is 4.79. The Morgan fingerprint density at radius 2 is 2.07 bits per heavy atom. The van der Waals surface area contributed by atoms with E-state index < -0.39 is 0 Å². The maximum Gasteiger partial charge on any atom is 0.0524 e. The van der Waals surface area contributed by atoms with Gasteiger partial charge in [0.2, 0.25) is 0 Å². The molecule has 0 spiro atoms. The molecule has 0 amide bonds. The molecule has 1 atom stereocenters. The van der Waals surface area contributed by atoms with Crippen LogP contribution in [0.3, 0.4) is 0 Å². The highest BCUT2D eigenvalue weighted by Crippen LogP contribution is 2.10. The zero-order chi connectivity index (χ0) is 11.3. The lowest BCUT2D eigenvalue weighted by Gasteiger charge is -2.09. The first-order valence-electron chi connectivity index (χ1n) is 5.54. The van der Waals surface area contributed by atoms with Crippen LogP contribution in [-0.2, 0) is 6.54 Å². The van der Waals surface area contributed by atoms with Gasteiger partial charge in [-0.25, -0.2) is 0 Å². The number of aryl methyl sites for hydroxylation is 2. The topological polar surface area (TPSA) is 32.3 Å². The quantitative estimate of drug-likeness (QED) is 0.725. The Bertz CT molecular complexity index is 307. The third-order valence-electron chi connectivity index (χ3n) is 2.56. The van der Waals surface area contributed by atoms with Crippen LogP contribution in [0.25, 0.3) is 0 Å². The third-order valence-corrected chi connectivity index (χ3v) is 2.56. The molecule has 0 saturated carbocycles. The largest absolute Gasteiger partial charge is 0.393 e. The highest BCUT2D eigenvalue weighted by molar-refractivity contribution is 5.30. The van der Waals surface area contributed by atoms with Crippen LogP contribution in [0.15, 0.2) is 18.2 Å². The molecule has 2 heteroatoms. The summed E-state index contributed by atoms with van der Waals surface area (Å²) in [5.41, 5.74) is 3.97. The van der Waals surface area contributed by atoms with Crippen LogP contribution in [0, 0.1) is 13.8 Å². The average Bonchev–Trinajstić information content (AvgIpc) is 2.17. The number of nitrogens with one attached hydrogen (secondary N) is 1. The minimum atomic E-state index is -0.212. The second kappa shape index (κ2) is 5.89. The molecule has 0 aliphatic carbocycles. The van der Waals surface area contributed by atoms with Crippen molar-refractivity contribution < 1.29 is 5.11 Å². The highest BCUT2D eigenvalue weighted by Gasteiger charge is 1.99. The van der Waals surface area contributed by atoms with Gasteiger partial charge in [-0.15, -0.1) is 0 Å². The molecule has 15 heavy (non-hydrogen) atoms. The molecule has 1 aromatic carbocycles. The summed E-state index contributed by atoms with van der Waals surface area (Å²) in [6, 6.07) is 6.50. The van der Waals surface area contributed by atoms with Crippen molar-refractivity contribution in [2.45, 2.75) is 39.8 Å². The van der Waals surface area contributed by atoms with Gasteiger partial charge in [-0.3, -0.25) is 0 Å². The van der Waals surface area contributed by atoms with Crippen LogP contribution in [0.5, 0.6) is 0 Å². The number of aliphatic hydroxyl groups is 1. The smallest absolute Gasteiger partial charge is 0.0524 e. The molecular formula is C13H21NO. The molecular weight excluding hydrogens is 186 g/mol. The number of hydrogen-bond acceptors (Lipinski definition) is 2. The van der Waals surface area contributed by atoms with Gasteiger partial charge in [-0.2, -0.15) is 0 Å².